The smallest absolute Gasteiger partial charge is 0.211 e. The molecule has 4 heteroatoms. The summed E-state index contributed by atoms with van der Waals surface area (Å²) in [5, 5.41) is 2.57. The molecule has 0 fully saturated rings. The first-order valence-corrected chi connectivity index (χ1v) is 4.53. The third-order valence-electron chi connectivity index (χ3n) is 1.76. The average Bonchev–Trinajstić information content (AvgIpc) is 2.12. The molecule has 0 saturated heterocycles. The molecule has 1 amide bonds. The van der Waals surface area contributed by atoms with Gasteiger partial charge >= 0.3 is 0 Å². The van der Waals surface area contributed by atoms with E-state index in [0.29, 0.717) is 17.8 Å². The van der Waals surface area contributed by atoms with E-state index in [-0.39, 0.29) is 0 Å². The quantitative estimate of drug-likeness (QED) is 0.828. The molecule has 0 heterocycles. The third kappa shape index (κ3) is 2.01. The fourth-order valence-corrected chi connectivity index (χ4v) is 1.42. The molecule has 3 nitrogen and oxygen atoms in total. The first-order chi connectivity index (χ1) is 6.20. The van der Waals surface area contributed by atoms with Gasteiger partial charge in [0.15, 0.2) is 0 Å². The molecular formula is C9H10BrNO2. The molecule has 0 aliphatic heterocycles. The third-order valence-corrected chi connectivity index (χ3v) is 2.62. The molecule has 0 radical (unpaired) electrons. The Bertz CT molecular complexity index is 326. The van der Waals surface area contributed by atoms with Gasteiger partial charge in [-0.15, -0.1) is 0 Å². The van der Waals surface area contributed by atoms with Gasteiger partial charge in [-0.2, -0.15) is 0 Å². The summed E-state index contributed by atoms with van der Waals surface area (Å²) >= 11 is 3.38. The molecule has 13 heavy (non-hydrogen) atoms. The molecule has 0 unspecified atom stereocenters. The molecule has 1 rings (SSSR count). The molecular weight excluding hydrogens is 234 g/mol. The number of halogens is 1. The van der Waals surface area contributed by atoms with Crippen molar-refractivity contribution in [3.05, 3.63) is 22.2 Å². The highest BCUT2D eigenvalue weighted by atomic mass is 79.9. The number of nitrogens with one attached hydrogen (secondary N) is 1. The van der Waals surface area contributed by atoms with Crippen LogP contribution in [0.3, 0.4) is 0 Å². The van der Waals surface area contributed by atoms with Gasteiger partial charge < -0.3 is 10.1 Å². The lowest BCUT2D eigenvalue weighted by Gasteiger charge is -2.11. The van der Waals surface area contributed by atoms with E-state index in [1.165, 1.54) is 0 Å². The average molecular weight is 244 g/mol. The zero-order chi connectivity index (χ0) is 9.84. The van der Waals surface area contributed by atoms with E-state index in [0.717, 1.165) is 10.0 Å². The molecule has 0 aromatic heterocycles. The number of rotatable bonds is 3. The van der Waals surface area contributed by atoms with Crippen molar-refractivity contribution in [2.24, 2.45) is 0 Å². The number of benzene rings is 1. The SMILES string of the molecule is COc1c(NC=O)ccc(Br)c1C. The lowest BCUT2D eigenvalue weighted by molar-refractivity contribution is -0.105. The van der Waals surface area contributed by atoms with Crippen LogP contribution in [0.5, 0.6) is 5.75 Å². The Hall–Kier alpha value is -1.03. The van der Waals surface area contributed by atoms with Crippen molar-refractivity contribution < 1.29 is 9.53 Å². The molecule has 70 valence electrons. The first-order valence-electron chi connectivity index (χ1n) is 3.74. The highest BCUT2D eigenvalue weighted by Gasteiger charge is 2.07. The highest BCUT2D eigenvalue weighted by molar-refractivity contribution is 9.10. The Labute approximate surface area is 85.2 Å². The summed E-state index contributed by atoms with van der Waals surface area (Å²) in [5.41, 5.74) is 1.65. The van der Waals surface area contributed by atoms with E-state index in [4.69, 9.17) is 4.74 Å². The molecule has 0 aliphatic rings. The van der Waals surface area contributed by atoms with E-state index in [2.05, 4.69) is 21.2 Å². The predicted octanol–water partition coefficient (Wildman–Crippen LogP) is 2.33. The normalized spacial score (nSPS) is 9.46. The number of amides is 1. The summed E-state index contributed by atoms with van der Waals surface area (Å²) < 4.78 is 6.12. The minimum atomic E-state index is 0.630. The molecule has 0 saturated carbocycles. The van der Waals surface area contributed by atoms with E-state index in [1.54, 1.807) is 13.2 Å². The molecule has 0 atom stereocenters. The first kappa shape index (κ1) is 10.1. The summed E-state index contributed by atoms with van der Waals surface area (Å²) in [5.74, 6) is 0.682. The zero-order valence-electron chi connectivity index (χ0n) is 7.43. The number of carbonyl (C=O) groups is 1. The standard InChI is InChI=1S/C9H10BrNO2/c1-6-7(10)3-4-8(11-5-12)9(6)13-2/h3-5H,1-2H3,(H,11,12). The fourth-order valence-electron chi connectivity index (χ4n) is 1.11. The van der Waals surface area contributed by atoms with Crippen molar-refractivity contribution in [2.45, 2.75) is 6.92 Å². The second kappa shape index (κ2) is 4.28. The Balaban J connectivity index is 3.20. The van der Waals surface area contributed by atoms with Crippen LogP contribution in [0.15, 0.2) is 16.6 Å². The topological polar surface area (TPSA) is 38.3 Å². The van der Waals surface area contributed by atoms with Gasteiger partial charge in [0.05, 0.1) is 12.8 Å². The van der Waals surface area contributed by atoms with Gasteiger partial charge in [-0.05, 0) is 19.1 Å². The van der Waals surface area contributed by atoms with Crippen molar-refractivity contribution in [3.63, 3.8) is 0 Å². The van der Waals surface area contributed by atoms with E-state index in [9.17, 15) is 4.79 Å². The van der Waals surface area contributed by atoms with Crippen molar-refractivity contribution >= 4 is 28.0 Å². The van der Waals surface area contributed by atoms with Crippen LogP contribution < -0.4 is 10.1 Å². The summed E-state index contributed by atoms with van der Waals surface area (Å²) in [6.45, 7) is 1.92. The summed E-state index contributed by atoms with van der Waals surface area (Å²) in [4.78, 5) is 10.3. The number of anilines is 1. The molecule has 1 aromatic carbocycles. The van der Waals surface area contributed by atoms with Crippen LogP contribution in [0.25, 0.3) is 0 Å². The van der Waals surface area contributed by atoms with Gasteiger partial charge in [-0.25, -0.2) is 0 Å². The highest BCUT2D eigenvalue weighted by Crippen LogP contribution is 2.33. The molecule has 1 N–H and O–H groups in total. The molecule has 0 bridgehead atoms. The number of hydrogen-bond donors (Lipinski definition) is 1. The second-order valence-corrected chi connectivity index (χ2v) is 3.37. The van der Waals surface area contributed by atoms with E-state index < -0.39 is 0 Å². The maximum absolute atomic E-state index is 10.3. The maximum atomic E-state index is 10.3. The van der Waals surface area contributed by atoms with Crippen LogP contribution in [0.4, 0.5) is 5.69 Å². The summed E-state index contributed by atoms with van der Waals surface area (Å²) in [7, 11) is 1.57. The van der Waals surface area contributed by atoms with Gasteiger partial charge in [0.1, 0.15) is 5.75 Å². The Morgan fingerprint density at radius 2 is 2.23 bits per heavy atom. The van der Waals surface area contributed by atoms with Crippen LogP contribution in [0.2, 0.25) is 0 Å². The Morgan fingerprint density at radius 3 is 2.77 bits per heavy atom. The van der Waals surface area contributed by atoms with Gasteiger partial charge in [0.25, 0.3) is 0 Å². The lowest BCUT2D eigenvalue weighted by atomic mass is 10.2. The number of hydrogen-bond acceptors (Lipinski definition) is 2. The van der Waals surface area contributed by atoms with Crippen molar-refractivity contribution in [2.75, 3.05) is 12.4 Å². The van der Waals surface area contributed by atoms with E-state index >= 15 is 0 Å². The van der Waals surface area contributed by atoms with Crippen molar-refractivity contribution in [3.8, 4) is 5.75 Å². The largest absolute Gasteiger partial charge is 0.494 e. The van der Waals surface area contributed by atoms with E-state index in [1.807, 2.05) is 13.0 Å². The maximum Gasteiger partial charge on any atom is 0.211 e. The van der Waals surface area contributed by atoms with Crippen LogP contribution >= 0.6 is 15.9 Å². The van der Waals surface area contributed by atoms with Gasteiger partial charge in [-0.3, -0.25) is 4.79 Å². The van der Waals surface area contributed by atoms with Crippen molar-refractivity contribution in [1.29, 1.82) is 0 Å². The molecule has 1 aromatic rings. The summed E-state index contributed by atoms with van der Waals surface area (Å²) in [6.07, 6.45) is 0.630. The number of methoxy groups -OCH3 is 1. The number of carbonyl (C=O) groups excluding carboxylic acids is 1. The second-order valence-electron chi connectivity index (χ2n) is 2.52. The fraction of sp³-hybridized carbons (Fsp3) is 0.222. The van der Waals surface area contributed by atoms with Crippen LogP contribution in [0, 0.1) is 6.92 Å². The van der Waals surface area contributed by atoms with Gasteiger partial charge in [0, 0.05) is 10.0 Å². The van der Waals surface area contributed by atoms with Gasteiger partial charge in [0.2, 0.25) is 6.41 Å². The summed E-state index contributed by atoms with van der Waals surface area (Å²) in [6, 6.07) is 3.65. The minimum absolute atomic E-state index is 0.630. The molecule has 0 aliphatic carbocycles. The Kier molecular flexibility index (Phi) is 3.31. The monoisotopic (exact) mass is 243 g/mol. The van der Waals surface area contributed by atoms with Crippen LogP contribution in [-0.4, -0.2) is 13.5 Å². The van der Waals surface area contributed by atoms with Crippen LogP contribution in [-0.2, 0) is 4.79 Å². The van der Waals surface area contributed by atoms with Gasteiger partial charge in [-0.1, -0.05) is 15.9 Å². The predicted molar refractivity (Wildman–Crippen MR) is 55.1 cm³/mol. The lowest BCUT2D eigenvalue weighted by Crippen LogP contribution is -1.99. The molecule has 0 spiro atoms. The Morgan fingerprint density at radius 1 is 1.54 bits per heavy atom. The minimum Gasteiger partial charge on any atom is -0.494 e. The van der Waals surface area contributed by atoms with Crippen LogP contribution in [0.1, 0.15) is 5.56 Å². The zero-order valence-corrected chi connectivity index (χ0v) is 9.01. The van der Waals surface area contributed by atoms with Crippen molar-refractivity contribution in [1.82, 2.24) is 0 Å². The number of ether oxygens (including phenoxy) is 1.